The predicted molar refractivity (Wildman–Crippen MR) is 114 cm³/mol. The van der Waals surface area contributed by atoms with E-state index in [1.807, 2.05) is 35.3 Å². The molecule has 12 heteroatoms. The van der Waals surface area contributed by atoms with Crippen LogP contribution in [0.25, 0.3) is 5.69 Å². The van der Waals surface area contributed by atoms with Crippen molar-refractivity contribution in [3.8, 4) is 11.8 Å². The number of hydrogen-bond acceptors (Lipinski definition) is 7. The fourth-order valence-electron chi connectivity index (χ4n) is 2.96. The quantitative estimate of drug-likeness (QED) is 0.469. The molecule has 0 aliphatic rings. The first kappa shape index (κ1) is 21.3. The third kappa shape index (κ3) is 4.25. The molecule has 0 bridgehead atoms. The number of aromatic amines is 1. The summed E-state index contributed by atoms with van der Waals surface area (Å²) in [5.74, 6) is -0.519. The average Bonchev–Trinajstić information content (AvgIpc) is 3.10. The number of aromatic nitrogens is 5. The minimum absolute atomic E-state index is 0.0202. The second-order valence-corrected chi connectivity index (χ2v) is 7.42. The van der Waals surface area contributed by atoms with Crippen molar-refractivity contribution >= 4 is 23.2 Å². The van der Waals surface area contributed by atoms with Gasteiger partial charge in [-0.3, -0.25) is 9.78 Å². The van der Waals surface area contributed by atoms with Crippen LogP contribution in [0.5, 0.6) is 0 Å². The molecule has 4 rings (SSSR count). The van der Waals surface area contributed by atoms with Crippen molar-refractivity contribution in [3.05, 3.63) is 107 Å². The van der Waals surface area contributed by atoms with Gasteiger partial charge in [-0.15, -0.1) is 10.2 Å². The number of nitriles is 1. The monoisotopic (exact) mass is 470 g/mol. The first-order chi connectivity index (χ1) is 15.4. The van der Waals surface area contributed by atoms with E-state index in [0.717, 1.165) is 10.2 Å². The molecule has 0 saturated carbocycles. The third-order valence-electron chi connectivity index (χ3n) is 4.46. The molecule has 0 radical (unpaired) electrons. The second-order valence-electron chi connectivity index (χ2n) is 6.60. The number of H-pyrrole nitrogens is 1. The molecular formula is C20H12Cl2N6O4. The lowest BCUT2D eigenvalue weighted by molar-refractivity contribution is 0.457. The van der Waals surface area contributed by atoms with Crippen LogP contribution in [0.1, 0.15) is 22.7 Å². The summed E-state index contributed by atoms with van der Waals surface area (Å²) in [7, 11) is 0. The van der Waals surface area contributed by atoms with Gasteiger partial charge in [-0.1, -0.05) is 53.5 Å². The topological polar surface area (TPSA) is 140 Å². The molecule has 4 aromatic rings. The van der Waals surface area contributed by atoms with E-state index in [9.17, 15) is 14.4 Å². The maximum atomic E-state index is 12.1. The van der Waals surface area contributed by atoms with E-state index >= 15 is 0 Å². The standard InChI is InChI=1S/C20H12Cl2N6O4/c21-14-6-12(28-19(30)24-18(29)16(9-23)25-28)7-15(22)13(14)8-17-26-27(20(31)32-17)10-11-4-2-1-3-5-11/h1-7H,8,10H2,(H,24,29,30). The molecule has 0 atom stereocenters. The maximum Gasteiger partial charge on any atom is 0.437 e. The van der Waals surface area contributed by atoms with Gasteiger partial charge in [0.1, 0.15) is 6.07 Å². The molecule has 2 heterocycles. The van der Waals surface area contributed by atoms with Crippen molar-refractivity contribution in [1.82, 2.24) is 24.5 Å². The Bertz CT molecular complexity index is 1510. The van der Waals surface area contributed by atoms with Gasteiger partial charge in [0.2, 0.25) is 11.6 Å². The Kier molecular flexibility index (Phi) is 5.77. The Morgan fingerprint density at radius 3 is 2.41 bits per heavy atom. The second kappa shape index (κ2) is 8.66. The molecule has 1 N–H and O–H groups in total. The van der Waals surface area contributed by atoms with Crippen LogP contribution in [0.4, 0.5) is 0 Å². The zero-order valence-corrected chi connectivity index (χ0v) is 17.6. The predicted octanol–water partition coefficient (Wildman–Crippen LogP) is 1.89. The van der Waals surface area contributed by atoms with Crippen LogP contribution < -0.4 is 17.0 Å². The minimum Gasteiger partial charge on any atom is -0.392 e. The number of benzene rings is 2. The zero-order valence-electron chi connectivity index (χ0n) is 16.1. The molecule has 10 nitrogen and oxygen atoms in total. The Morgan fingerprint density at radius 1 is 1.06 bits per heavy atom. The summed E-state index contributed by atoms with van der Waals surface area (Å²) in [6.45, 7) is 0.242. The zero-order chi connectivity index (χ0) is 22.8. The fraction of sp³-hybridized carbons (Fsp3) is 0.100. The van der Waals surface area contributed by atoms with Crippen LogP contribution in [-0.2, 0) is 13.0 Å². The summed E-state index contributed by atoms with van der Waals surface area (Å²) in [5, 5.41) is 17.2. The highest BCUT2D eigenvalue weighted by molar-refractivity contribution is 6.36. The van der Waals surface area contributed by atoms with Gasteiger partial charge >= 0.3 is 11.4 Å². The first-order valence-corrected chi connectivity index (χ1v) is 9.84. The van der Waals surface area contributed by atoms with E-state index in [-0.39, 0.29) is 34.6 Å². The lowest BCUT2D eigenvalue weighted by atomic mass is 10.1. The van der Waals surface area contributed by atoms with Gasteiger partial charge in [0.25, 0.3) is 5.56 Å². The molecule has 2 aromatic carbocycles. The minimum atomic E-state index is -0.899. The normalized spacial score (nSPS) is 10.8. The Hall–Kier alpha value is -3.94. The lowest BCUT2D eigenvalue weighted by Gasteiger charge is -2.09. The van der Waals surface area contributed by atoms with Gasteiger partial charge in [0.05, 0.1) is 18.7 Å². The van der Waals surface area contributed by atoms with Gasteiger partial charge in [-0.05, 0) is 23.3 Å². The molecule has 0 aliphatic heterocycles. The molecule has 160 valence electrons. The summed E-state index contributed by atoms with van der Waals surface area (Å²) in [6.07, 6.45) is 0.0202. The lowest BCUT2D eigenvalue weighted by Crippen LogP contribution is -2.33. The Labute approximate surface area is 188 Å². The van der Waals surface area contributed by atoms with Crippen molar-refractivity contribution in [2.45, 2.75) is 13.0 Å². The highest BCUT2D eigenvalue weighted by Gasteiger charge is 2.17. The van der Waals surface area contributed by atoms with Crippen molar-refractivity contribution in [2.24, 2.45) is 0 Å². The molecule has 32 heavy (non-hydrogen) atoms. The van der Waals surface area contributed by atoms with E-state index < -0.39 is 22.7 Å². The molecule has 0 amide bonds. The van der Waals surface area contributed by atoms with Crippen LogP contribution in [-0.4, -0.2) is 24.5 Å². The van der Waals surface area contributed by atoms with Crippen LogP contribution in [0.3, 0.4) is 0 Å². The van der Waals surface area contributed by atoms with Gasteiger partial charge in [-0.25, -0.2) is 9.59 Å². The van der Waals surface area contributed by atoms with Crippen molar-refractivity contribution in [1.29, 1.82) is 5.26 Å². The maximum absolute atomic E-state index is 12.1. The first-order valence-electron chi connectivity index (χ1n) is 9.08. The highest BCUT2D eigenvalue weighted by atomic mass is 35.5. The van der Waals surface area contributed by atoms with Gasteiger partial charge in [-0.2, -0.15) is 14.6 Å². The molecule has 0 spiro atoms. The van der Waals surface area contributed by atoms with E-state index in [4.69, 9.17) is 32.9 Å². The number of hydrogen-bond donors (Lipinski definition) is 1. The Balaban J connectivity index is 1.65. The van der Waals surface area contributed by atoms with Crippen LogP contribution >= 0.6 is 23.2 Å². The van der Waals surface area contributed by atoms with Crippen molar-refractivity contribution in [2.75, 3.05) is 0 Å². The van der Waals surface area contributed by atoms with E-state index in [2.05, 4.69) is 10.2 Å². The molecule has 0 saturated heterocycles. The van der Waals surface area contributed by atoms with E-state index in [1.165, 1.54) is 16.8 Å². The third-order valence-corrected chi connectivity index (χ3v) is 5.13. The number of nitrogens with one attached hydrogen (secondary N) is 1. The highest BCUT2D eigenvalue weighted by Crippen LogP contribution is 2.29. The summed E-state index contributed by atoms with van der Waals surface area (Å²) < 4.78 is 7.20. The number of rotatable bonds is 5. The molecule has 2 aromatic heterocycles. The largest absolute Gasteiger partial charge is 0.437 e. The average molecular weight is 471 g/mol. The van der Waals surface area contributed by atoms with Gasteiger partial charge in [0, 0.05) is 10.0 Å². The van der Waals surface area contributed by atoms with E-state index in [1.54, 1.807) is 6.07 Å². The Morgan fingerprint density at radius 2 is 1.75 bits per heavy atom. The smallest absolute Gasteiger partial charge is 0.392 e. The number of nitrogens with zero attached hydrogens (tertiary/aromatic N) is 5. The van der Waals surface area contributed by atoms with Crippen LogP contribution in [0.2, 0.25) is 10.0 Å². The van der Waals surface area contributed by atoms with Crippen LogP contribution in [0, 0.1) is 11.3 Å². The van der Waals surface area contributed by atoms with E-state index in [0.29, 0.717) is 5.56 Å². The summed E-state index contributed by atoms with van der Waals surface area (Å²) in [6, 6.07) is 13.7. The molecule has 0 aliphatic carbocycles. The molecular weight excluding hydrogens is 459 g/mol. The fourth-order valence-corrected chi connectivity index (χ4v) is 3.57. The summed E-state index contributed by atoms with van der Waals surface area (Å²) in [5.41, 5.74) is -0.832. The number of halogens is 2. The summed E-state index contributed by atoms with van der Waals surface area (Å²) >= 11 is 12.7. The summed E-state index contributed by atoms with van der Waals surface area (Å²) in [4.78, 5) is 37.8. The van der Waals surface area contributed by atoms with Gasteiger partial charge in [0.15, 0.2) is 0 Å². The molecule has 0 unspecified atom stereocenters. The SMILES string of the molecule is N#Cc1nn(-c2cc(Cl)c(Cc3nn(Cc4ccccc4)c(=O)o3)c(Cl)c2)c(=O)[nH]c1=O. The van der Waals surface area contributed by atoms with Gasteiger partial charge < -0.3 is 4.42 Å². The van der Waals surface area contributed by atoms with Crippen molar-refractivity contribution < 1.29 is 4.42 Å². The van der Waals surface area contributed by atoms with Crippen LogP contribution in [0.15, 0.2) is 61.3 Å². The van der Waals surface area contributed by atoms with Crippen molar-refractivity contribution in [3.63, 3.8) is 0 Å². The molecule has 0 fully saturated rings.